The molecular formula is C39H32N2O3S. The van der Waals surface area contributed by atoms with E-state index < -0.39 is 16.9 Å². The Morgan fingerprint density at radius 1 is 0.800 bits per heavy atom. The van der Waals surface area contributed by atoms with Crippen molar-refractivity contribution in [2.24, 2.45) is 0 Å². The first kappa shape index (κ1) is 27.7. The molecule has 4 aromatic carbocycles. The number of thiophene rings is 1. The van der Waals surface area contributed by atoms with Crippen molar-refractivity contribution in [3.63, 3.8) is 0 Å². The first-order valence-corrected chi connectivity index (χ1v) is 16.3. The van der Waals surface area contributed by atoms with Crippen LogP contribution in [0.5, 0.6) is 0 Å². The van der Waals surface area contributed by atoms with Gasteiger partial charge in [-0.05, 0) is 65.3 Å². The maximum Gasteiger partial charge on any atom is 0.341 e. The van der Waals surface area contributed by atoms with Crippen molar-refractivity contribution < 1.29 is 9.90 Å². The van der Waals surface area contributed by atoms with Crippen molar-refractivity contribution in [2.75, 3.05) is 6.54 Å². The predicted octanol–water partition coefficient (Wildman–Crippen LogP) is 8.11. The summed E-state index contributed by atoms with van der Waals surface area (Å²) in [5.41, 5.74) is 5.95. The zero-order chi connectivity index (χ0) is 30.5. The molecular weight excluding hydrogens is 577 g/mol. The standard InChI is InChI=1S/C39H32N2O3S/c42-37-32-19-16-26(22-34(32)41(31-17-18-31)24-33(37)38(43)44)35-23-27-20-21-40(25-36(27)45-35)39(28-10-4-1-5-11-28,29-12-6-2-7-13-29)30-14-8-3-9-15-30/h1-16,19,22-24,31H,17-18,20-21,25H2,(H,43,44). The van der Waals surface area contributed by atoms with E-state index in [1.165, 1.54) is 32.0 Å². The number of nitrogens with zero attached hydrogens (tertiary/aromatic N) is 2. The Bertz CT molecular complexity index is 2000. The van der Waals surface area contributed by atoms with E-state index in [-0.39, 0.29) is 11.6 Å². The molecule has 3 heterocycles. The molecule has 45 heavy (non-hydrogen) atoms. The molecule has 222 valence electrons. The molecule has 0 amide bonds. The second-order valence-electron chi connectivity index (χ2n) is 12.1. The zero-order valence-electron chi connectivity index (χ0n) is 24.7. The van der Waals surface area contributed by atoms with Crippen LogP contribution in [0.15, 0.2) is 126 Å². The molecule has 0 saturated heterocycles. The number of rotatable bonds is 7. The summed E-state index contributed by atoms with van der Waals surface area (Å²) in [6.45, 7) is 1.71. The molecule has 8 rings (SSSR count). The highest BCUT2D eigenvalue weighted by Crippen LogP contribution is 2.46. The maximum atomic E-state index is 13.1. The first-order valence-electron chi connectivity index (χ1n) is 15.5. The lowest BCUT2D eigenvalue weighted by atomic mass is 9.75. The summed E-state index contributed by atoms with van der Waals surface area (Å²) in [4.78, 5) is 30.0. The fraction of sp³-hybridized carbons (Fsp3) is 0.179. The van der Waals surface area contributed by atoms with Crippen LogP contribution in [0.3, 0.4) is 0 Å². The van der Waals surface area contributed by atoms with Crippen molar-refractivity contribution in [3.05, 3.63) is 164 Å². The van der Waals surface area contributed by atoms with E-state index in [0.717, 1.165) is 43.4 Å². The third-order valence-corrected chi connectivity index (χ3v) is 10.6. The van der Waals surface area contributed by atoms with Gasteiger partial charge in [-0.1, -0.05) is 97.1 Å². The van der Waals surface area contributed by atoms with Crippen LogP contribution >= 0.6 is 11.3 Å². The van der Waals surface area contributed by atoms with Gasteiger partial charge in [0, 0.05) is 40.5 Å². The number of aromatic carboxylic acids is 1. The summed E-state index contributed by atoms with van der Waals surface area (Å²) < 4.78 is 2.01. The Morgan fingerprint density at radius 2 is 1.40 bits per heavy atom. The molecule has 2 aliphatic rings. The number of carboxylic acids is 1. The van der Waals surface area contributed by atoms with Crippen LogP contribution in [0, 0.1) is 0 Å². The number of hydrogen-bond donors (Lipinski definition) is 1. The minimum Gasteiger partial charge on any atom is -0.477 e. The lowest BCUT2D eigenvalue weighted by molar-refractivity contribution is 0.0695. The van der Waals surface area contributed by atoms with E-state index in [2.05, 4.69) is 108 Å². The largest absolute Gasteiger partial charge is 0.477 e. The van der Waals surface area contributed by atoms with E-state index in [4.69, 9.17) is 0 Å². The molecule has 1 aliphatic heterocycles. The lowest BCUT2D eigenvalue weighted by Crippen LogP contribution is -2.49. The minimum atomic E-state index is -1.17. The average Bonchev–Trinajstić information content (AvgIpc) is 3.84. The number of aromatic nitrogens is 1. The van der Waals surface area contributed by atoms with Crippen LogP contribution in [0.25, 0.3) is 21.3 Å². The molecule has 0 spiro atoms. The fourth-order valence-electron chi connectivity index (χ4n) is 7.14. The molecule has 5 nitrogen and oxygen atoms in total. The quantitative estimate of drug-likeness (QED) is 0.186. The number of benzene rings is 4. The third kappa shape index (κ3) is 4.64. The van der Waals surface area contributed by atoms with Gasteiger partial charge in [0.2, 0.25) is 5.43 Å². The Labute approximate surface area is 265 Å². The van der Waals surface area contributed by atoms with Gasteiger partial charge in [-0.25, -0.2) is 4.79 Å². The second kappa shape index (κ2) is 11.0. The van der Waals surface area contributed by atoms with Crippen molar-refractivity contribution >= 4 is 28.2 Å². The monoisotopic (exact) mass is 608 g/mol. The molecule has 1 N–H and O–H groups in total. The average molecular weight is 609 g/mol. The van der Waals surface area contributed by atoms with Crippen molar-refractivity contribution in [3.8, 4) is 10.4 Å². The lowest BCUT2D eigenvalue weighted by Gasteiger charge is -2.47. The van der Waals surface area contributed by atoms with E-state index >= 15 is 0 Å². The molecule has 6 aromatic rings. The van der Waals surface area contributed by atoms with Gasteiger partial charge in [-0.15, -0.1) is 11.3 Å². The van der Waals surface area contributed by atoms with Crippen LogP contribution in [-0.2, 0) is 18.5 Å². The highest BCUT2D eigenvalue weighted by Gasteiger charge is 2.43. The van der Waals surface area contributed by atoms with E-state index in [9.17, 15) is 14.7 Å². The van der Waals surface area contributed by atoms with Gasteiger partial charge in [0.15, 0.2) is 0 Å². The number of carboxylic acid groups (broad SMARTS) is 1. The Balaban J connectivity index is 1.23. The Morgan fingerprint density at radius 3 is 1.96 bits per heavy atom. The smallest absolute Gasteiger partial charge is 0.341 e. The van der Waals surface area contributed by atoms with Gasteiger partial charge >= 0.3 is 5.97 Å². The maximum absolute atomic E-state index is 13.1. The molecule has 2 aromatic heterocycles. The molecule has 0 bridgehead atoms. The fourth-order valence-corrected chi connectivity index (χ4v) is 8.37. The summed E-state index contributed by atoms with van der Waals surface area (Å²) in [5.74, 6) is -1.17. The first-order chi connectivity index (χ1) is 22.0. The van der Waals surface area contributed by atoms with Gasteiger partial charge < -0.3 is 9.67 Å². The van der Waals surface area contributed by atoms with Gasteiger partial charge in [-0.3, -0.25) is 9.69 Å². The van der Waals surface area contributed by atoms with Crippen LogP contribution in [0.2, 0.25) is 0 Å². The molecule has 1 saturated carbocycles. The predicted molar refractivity (Wildman–Crippen MR) is 180 cm³/mol. The van der Waals surface area contributed by atoms with Gasteiger partial charge in [-0.2, -0.15) is 0 Å². The highest BCUT2D eigenvalue weighted by molar-refractivity contribution is 7.15. The normalized spacial score (nSPS) is 15.2. The van der Waals surface area contributed by atoms with Crippen molar-refractivity contribution in [1.29, 1.82) is 0 Å². The number of pyridine rings is 1. The van der Waals surface area contributed by atoms with Crippen molar-refractivity contribution in [2.45, 2.75) is 37.4 Å². The van der Waals surface area contributed by atoms with Gasteiger partial charge in [0.25, 0.3) is 0 Å². The van der Waals surface area contributed by atoms with Crippen LogP contribution in [0.1, 0.15) is 56.4 Å². The van der Waals surface area contributed by atoms with E-state index in [1.54, 1.807) is 6.20 Å². The highest BCUT2D eigenvalue weighted by atomic mass is 32.1. The molecule has 0 atom stereocenters. The molecule has 6 heteroatoms. The summed E-state index contributed by atoms with van der Waals surface area (Å²) in [5, 5.41) is 10.1. The second-order valence-corrected chi connectivity index (χ2v) is 13.2. The minimum absolute atomic E-state index is 0.160. The van der Waals surface area contributed by atoms with Crippen LogP contribution < -0.4 is 5.43 Å². The Hall–Kier alpha value is -4.78. The third-order valence-electron chi connectivity index (χ3n) is 9.42. The summed E-state index contributed by atoms with van der Waals surface area (Å²) in [6.07, 6.45) is 4.47. The Kier molecular flexibility index (Phi) is 6.77. The summed E-state index contributed by atoms with van der Waals surface area (Å²) >= 11 is 1.82. The molecule has 0 unspecified atom stereocenters. The molecule has 1 aliphatic carbocycles. The molecule has 0 radical (unpaired) electrons. The number of hydrogen-bond acceptors (Lipinski definition) is 4. The van der Waals surface area contributed by atoms with Crippen LogP contribution in [0.4, 0.5) is 0 Å². The van der Waals surface area contributed by atoms with E-state index in [0.29, 0.717) is 5.39 Å². The zero-order valence-corrected chi connectivity index (χ0v) is 25.5. The number of fused-ring (bicyclic) bond motifs is 2. The van der Waals surface area contributed by atoms with Gasteiger partial charge in [0.05, 0.1) is 11.1 Å². The van der Waals surface area contributed by atoms with Crippen molar-refractivity contribution in [1.82, 2.24) is 9.47 Å². The number of carbonyl (C=O) groups is 1. The topological polar surface area (TPSA) is 62.5 Å². The van der Waals surface area contributed by atoms with E-state index in [1.807, 2.05) is 28.0 Å². The van der Waals surface area contributed by atoms with Crippen LogP contribution in [-0.4, -0.2) is 27.1 Å². The van der Waals surface area contributed by atoms with Gasteiger partial charge in [0.1, 0.15) is 5.56 Å². The summed E-state index contributed by atoms with van der Waals surface area (Å²) in [7, 11) is 0. The SMILES string of the molecule is O=C(O)c1cn(C2CC2)c2cc(-c3cc4c(s3)CN(C(c3ccccc3)(c3ccccc3)c3ccccc3)CC4)ccc2c1=O. The molecule has 1 fully saturated rings. The summed E-state index contributed by atoms with van der Waals surface area (Å²) in [6, 6.07) is 41.0.